The Balaban J connectivity index is 1.60. The summed E-state index contributed by atoms with van der Waals surface area (Å²) in [6.07, 6.45) is 4.23. The lowest BCUT2D eigenvalue weighted by Gasteiger charge is -2.22. The average molecular weight is 468 g/mol. The van der Waals surface area contributed by atoms with Crippen LogP contribution in [0.5, 0.6) is 0 Å². The molecule has 1 atom stereocenters. The fraction of sp³-hybridized carbons (Fsp3) is 0.250. The summed E-state index contributed by atoms with van der Waals surface area (Å²) in [5.41, 5.74) is 2.81. The molecule has 0 saturated heterocycles. The smallest absolute Gasteiger partial charge is 0.256 e. The fourth-order valence-corrected chi connectivity index (χ4v) is 3.46. The number of hydrogen-bond donors (Lipinski definition) is 4. The van der Waals surface area contributed by atoms with Gasteiger partial charge in [-0.1, -0.05) is 6.58 Å². The zero-order valence-electron chi connectivity index (χ0n) is 19.1. The molecule has 1 aliphatic rings. The van der Waals surface area contributed by atoms with Gasteiger partial charge in [0.05, 0.1) is 11.1 Å². The highest BCUT2D eigenvalue weighted by atomic mass is 19.1. The lowest BCUT2D eigenvalue weighted by atomic mass is 10.0. The molecule has 0 spiro atoms. The number of nitrogens with one attached hydrogen (secondary N) is 4. The van der Waals surface area contributed by atoms with Crippen LogP contribution in [0.2, 0.25) is 0 Å². The quantitative estimate of drug-likeness (QED) is 0.349. The summed E-state index contributed by atoms with van der Waals surface area (Å²) in [5, 5.41) is 8.06. The lowest BCUT2D eigenvalue weighted by Crippen LogP contribution is -2.47. The summed E-state index contributed by atoms with van der Waals surface area (Å²) in [6, 6.07) is 3.37. The number of carbonyl (C=O) groups excluding carboxylic acids is 4. The summed E-state index contributed by atoms with van der Waals surface area (Å²) in [4.78, 5) is 52.9. The minimum Gasteiger partial charge on any atom is -0.361 e. The SMILES string of the molecule is C=CC(=O)N(C)C(C)C(=O)NCCNC(=O)c1c[nH]c(/C=C2\C(=O)Nc3ccc(F)cc32)c1C. The van der Waals surface area contributed by atoms with E-state index in [1.165, 1.54) is 36.3 Å². The molecular formula is C24H26FN5O4. The van der Waals surface area contributed by atoms with E-state index < -0.39 is 11.9 Å². The van der Waals surface area contributed by atoms with Gasteiger partial charge < -0.3 is 25.8 Å². The molecule has 4 amide bonds. The molecule has 3 rings (SSSR count). The Morgan fingerprint density at radius 3 is 2.65 bits per heavy atom. The van der Waals surface area contributed by atoms with E-state index in [2.05, 4.69) is 27.5 Å². The van der Waals surface area contributed by atoms with Gasteiger partial charge in [-0.3, -0.25) is 19.2 Å². The van der Waals surface area contributed by atoms with Crippen LogP contribution in [0.15, 0.2) is 37.1 Å². The van der Waals surface area contributed by atoms with Crippen LogP contribution in [0.3, 0.4) is 0 Å². The second kappa shape index (κ2) is 10.2. The van der Waals surface area contributed by atoms with Crippen LogP contribution < -0.4 is 16.0 Å². The number of aromatic amines is 1. The van der Waals surface area contributed by atoms with Gasteiger partial charge in [-0.15, -0.1) is 0 Å². The van der Waals surface area contributed by atoms with E-state index in [1.807, 2.05) is 0 Å². The number of amides is 4. The van der Waals surface area contributed by atoms with Crippen molar-refractivity contribution >= 4 is 41.0 Å². The van der Waals surface area contributed by atoms with Gasteiger partial charge in [-0.25, -0.2) is 4.39 Å². The van der Waals surface area contributed by atoms with E-state index in [-0.39, 0.29) is 36.7 Å². The first-order valence-electron chi connectivity index (χ1n) is 10.6. The van der Waals surface area contributed by atoms with Gasteiger partial charge in [-0.2, -0.15) is 0 Å². The normalized spacial score (nSPS) is 14.2. The van der Waals surface area contributed by atoms with Crippen molar-refractivity contribution in [3.8, 4) is 0 Å². The van der Waals surface area contributed by atoms with E-state index in [4.69, 9.17) is 0 Å². The maximum absolute atomic E-state index is 13.6. The number of nitrogens with zero attached hydrogens (tertiary/aromatic N) is 1. The van der Waals surface area contributed by atoms with Gasteiger partial charge in [0.1, 0.15) is 11.9 Å². The summed E-state index contributed by atoms with van der Waals surface area (Å²) in [7, 11) is 1.50. The van der Waals surface area contributed by atoms with Crippen molar-refractivity contribution < 1.29 is 23.6 Å². The third kappa shape index (κ3) is 5.06. The maximum Gasteiger partial charge on any atom is 0.256 e. The van der Waals surface area contributed by atoms with Crippen molar-refractivity contribution in [3.05, 3.63) is 65.3 Å². The first-order chi connectivity index (χ1) is 16.1. The Hall–Kier alpha value is -4.21. The monoisotopic (exact) mass is 467 g/mol. The molecule has 0 bridgehead atoms. The molecule has 4 N–H and O–H groups in total. The molecule has 34 heavy (non-hydrogen) atoms. The summed E-state index contributed by atoms with van der Waals surface area (Å²) >= 11 is 0. The van der Waals surface area contributed by atoms with E-state index in [1.54, 1.807) is 19.9 Å². The van der Waals surface area contributed by atoms with Crippen molar-refractivity contribution in [1.29, 1.82) is 0 Å². The number of likely N-dealkylation sites (N-methyl/N-ethyl adjacent to an activating group) is 1. The Morgan fingerprint density at radius 2 is 1.94 bits per heavy atom. The van der Waals surface area contributed by atoms with E-state index in [0.717, 1.165) is 6.08 Å². The number of aromatic nitrogens is 1. The second-order valence-electron chi connectivity index (χ2n) is 7.82. The predicted octanol–water partition coefficient (Wildman–Crippen LogP) is 1.83. The van der Waals surface area contributed by atoms with Crippen LogP contribution in [0.1, 0.15) is 34.1 Å². The van der Waals surface area contributed by atoms with Gasteiger partial charge >= 0.3 is 0 Å². The van der Waals surface area contributed by atoms with E-state index in [0.29, 0.717) is 33.6 Å². The summed E-state index contributed by atoms with van der Waals surface area (Å²) in [5.74, 6) is -1.89. The number of halogens is 1. The van der Waals surface area contributed by atoms with Crippen LogP contribution in [0.4, 0.5) is 10.1 Å². The Morgan fingerprint density at radius 1 is 1.24 bits per heavy atom. The van der Waals surface area contributed by atoms with Gasteiger partial charge in [0.15, 0.2) is 0 Å². The maximum atomic E-state index is 13.6. The van der Waals surface area contributed by atoms with Gasteiger partial charge in [0, 0.05) is 43.3 Å². The molecule has 2 heterocycles. The second-order valence-corrected chi connectivity index (χ2v) is 7.82. The molecule has 178 valence electrons. The number of rotatable bonds is 8. The van der Waals surface area contributed by atoms with Crippen LogP contribution in [0.25, 0.3) is 11.6 Å². The van der Waals surface area contributed by atoms with Crippen LogP contribution in [-0.4, -0.2) is 59.7 Å². The molecule has 9 nitrogen and oxygen atoms in total. The lowest BCUT2D eigenvalue weighted by molar-refractivity contribution is -0.135. The molecule has 1 unspecified atom stereocenters. The molecule has 0 aliphatic carbocycles. The third-order valence-corrected chi connectivity index (χ3v) is 5.67. The molecule has 1 aliphatic heterocycles. The highest BCUT2D eigenvalue weighted by Gasteiger charge is 2.25. The zero-order valence-corrected chi connectivity index (χ0v) is 19.1. The fourth-order valence-electron chi connectivity index (χ4n) is 3.46. The van der Waals surface area contributed by atoms with Crippen molar-refractivity contribution in [2.24, 2.45) is 0 Å². The summed E-state index contributed by atoms with van der Waals surface area (Å²) < 4.78 is 13.6. The van der Waals surface area contributed by atoms with Crippen LogP contribution in [0, 0.1) is 12.7 Å². The van der Waals surface area contributed by atoms with Gasteiger partial charge in [0.25, 0.3) is 11.8 Å². The highest BCUT2D eigenvalue weighted by Crippen LogP contribution is 2.34. The molecular weight excluding hydrogens is 441 g/mol. The highest BCUT2D eigenvalue weighted by molar-refractivity contribution is 6.34. The third-order valence-electron chi connectivity index (χ3n) is 5.67. The topological polar surface area (TPSA) is 123 Å². The molecule has 0 saturated carbocycles. The summed E-state index contributed by atoms with van der Waals surface area (Å²) in [6.45, 7) is 7.06. The average Bonchev–Trinajstić information content (AvgIpc) is 3.34. The Bertz CT molecular complexity index is 1200. The van der Waals surface area contributed by atoms with E-state index in [9.17, 15) is 23.6 Å². The number of benzene rings is 1. The number of fused-ring (bicyclic) bond motifs is 1. The minimum atomic E-state index is -0.685. The van der Waals surface area contributed by atoms with Crippen molar-refractivity contribution in [2.75, 3.05) is 25.5 Å². The number of H-pyrrole nitrogens is 1. The number of carbonyl (C=O) groups is 4. The van der Waals surface area contributed by atoms with Crippen LogP contribution >= 0.6 is 0 Å². The molecule has 0 fully saturated rings. The first-order valence-corrected chi connectivity index (χ1v) is 10.6. The minimum absolute atomic E-state index is 0.173. The zero-order chi connectivity index (χ0) is 25.0. The Labute approximate surface area is 196 Å². The van der Waals surface area contributed by atoms with E-state index >= 15 is 0 Å². The van der Waals surface area contributed by atoms with Gasteiger partial charge in [-0.05, 0) is 49.8 Å². The standard InChI is InChI=1S/C24H26FN5O4/c1-5-21(31)30(4)14(3)22(32)26-8-9-27-23(33)18-12-28-20(13(18)2)11-17-16-10-15(25)6-7-19(16)29-24(17)34/h5-7,10-12,14,28H,1,8-9H2,2-4H3,(H,26,32)(H,27,33)(H,29,34)/b17-11-. The molecule has 1 aromatic carbocycles. The molecule has 2 aromatic rings. The molecule has 0 radical (unpaired) electrons. The first kappa shape index (κ1) is 24.4. The largest absolute Gasteiger partial charge is 0.361 e. The van der Waals surface area contributed by atoms with Crippen molar-refractivity contribution in [3.63, 3.8) is 0 Å². The Kier molecular flexibility index (Phi) is 7.30. The van der Waals surface area contributed by atoms with Crippen molar-refractivity contribution in [2.45, 2.75) is 19.9 Å². The number of anilines is 1. The number of hydrogen-bond acceptors (Lipinski definition) is 4. The van der Waals surface area contributed by atoms with Crippen molar-refractivity contribution in [1.82, 2.24) is 20.5 Å². The molecule has 1 aromatic heterocycles. The molecule has 10 heteroatoms. The van der Waals surface area contributed by atoms with Gasteiger partial charge in [0.2, 0.25) is 11.8 Å². The van der Waals surface area contributed by atoms with Crippen LogP contribution in [-0.2, 0) is 14.4 Å². The predicted molar refractivity (Wildman–Crippen MR) is 126 cm³/mol.